The second kappa shape index (κ2) is 17.1. The van der Waals surface area contributed by atoms with Crippen LogP contribution in [0.5, 0.6) is 17.2 Å². The summed E-state index contributed by atoms with van der Waals surface area (Å²) in [6.07, 6.45) is 5.38. The normalized spacial score (nSPS) is 15.3. The number of aliphatic imine (C=N–C) groups is 1. The predicted molar refractivity (Wildman–Crippen MR) is 239 cm³/mol. The lowest BCUT2D eigenvalue weighted by atomic mass is 9.90. The molecule has 306 valence electrons. The third kappa shape index (κ3) is 8.03. The average molecular weight is 862 g/mol. The lowest BCUT2D eigenvalue weighted by Gasteiger charge is -2.31. The maximum atomic E-state index is 12.9. The number of nitrogens with two attached hydrogens (primary N) is 1. The van der Waals surface area contributed by atoms with E-state index in [1.54, 1.807) is 36.5 Å². The Morgan fingerprint density at radius 1 is 1.12 bits per heavy atom. The number of aromatic carboxylic acids is 1. The number of hydrogen-bond donors (Lipinski definition) is 5. The Kier molecular flexibility index (Phi) is 11.6. The van der Waals surface area contributed by atoms with Crippen molar-refractivity contribution in [2.24, 2.45) is 10.7 Å². The fourth-order valence-corrected chi connectivity index (χ4v) is 9.58. The molecule has 4 aromatic rings. The van der Waals surface area contributed by atoms with Gasteiger partial charge in [-0.25, -0.2) is 9.78 Å². The summed E-state index contributed by atoms with van der Waals surface area (Å²) in [7, 11) is 0. The van der Waals surface area contributed by atoms with Gasteiger partial charge in [0.05, 0.1) is 5.56 Å². The maximum absolute atomic E-state index is 12.9. The molecule has 1 aromatic heterocycles. The lowest BCUT2D eigenvalue weighted by Crippen LogP contribution is -2.41. The zero-order valence-corrected chi connectivity index (χ0v) is 34.8. The molecule has 0 saturated carbocycles. The van der Waals surface area contributed by atoms with Gasteiger partial charge in [0.25, 0.3) is 0 Å². The molecular weight excluding hydrogens is 823 g/mol. The van der Waals surface area contributed by atoms with E-state index in [0.29, 0.717) is 69.5 Å². The van der Waals surface area contributed by atoms with E-state index in [1.165, 1.54) is 59.6 Å². The third-order valence-corrected chi connectivity index (χ3v) is 12.3. The number of thiazole rings is 1. The smallest absolute Gasteiger partial charge is 0.336 e. The van der Waals surface area contributed by atoms with E-state index in [2.05, 4.69) is 15.2 Å². The van der Waals surface area contributed by atoms with E-state index in [9.17, 15) is 19.8 Å². The molecule has 0 radical (unpaired) electrons. The highest BCUT2D eigenvalue weighted by molar-refractivity contribution is 8.14. The van der Waals surface area contributed by atoms with E-state index in [4.69, 9.17) is 42.2 Å². The molecule has 14 nitrogen and oxygen atoms in total. The van der Waals surface area contributed by atoms with Crippen LogP contribution in [0.15, 0.2) is 109 Å². The number of allylic oxidation sites excluding steroid dienone is 1. The van der Waals surface area contributed by atoms with Crippen LogP contribution in [0, 0.1) is 5.41 Å². The van der Waals surface area contributed by atoms with Crippen LogP contribution in [0.1, 0.15) is 30.6 Å². The number of rotatable bonds is 12. The quantitative estimate of drug-likeness (QED) is 0.0451. The van der Waals surface area contributed by atoms with Crippen molar-refractivity contribution >= 4 is 74.4 Å². The number of carboxylic acids is 1. The third-order valence-electron chi connectivity index (χ3n) is 10.1. The van der Waals surface area contributed by atoms with Crippen LogP contribution in [0.25, 0.3) is 44.0 Å². The number of carbonyl (C=O) groups is 1. The Bertz CT molecular complexity index is 2730. The number of nitrogens with zero attached hydrogens (tertiary/aromatic N) is 4. The van der Waals surface area contributed by atoms with Gasteiger partial charge in [-0.3, -0.25) is 9.79 Å². The van der Waals surface area contributed by atoms with Gasteiger partial charge in [-0.05, 0) is 92.7 Å². The number of amidine groups is 1. The summed E-state index contributed by atoms with van der Waals surface area (Å²) in [5.41, 5.74) is 9.96. The van der Waals surface area contributed by atoms with E-state index in [0.717, 1.165) is 26.3 Å². The number of nitrogens with one attached hydrogen (secondary N) is 2. The first-order valence-electron chi connectivity index (χ1n) is 18.9. The van der Waals surface area contributed by atoms with Gasteiger partial charge in [0.1, 0.15) is 28.1 Å². The number of fused-ring (bicyclic) bond motifs is 3. The van der Waals surface area contributed by atoms with E-state index < -0.39 is 5.97 Å². The zero-order valence-electron chi connectivity index (χ0n) is 32.4. The van der Waals surface area contributed by atoms with Crippen molar-refractivity contribution in [3.05, 3.63) is 106 Å². The molecule has 1 atom stereocenters. The molecule has 17 heteroatoms. The fourth-order valence-electron chi connectivity index (χ4n) is 7.31. The van der Waals surface area contributed by atoms with Crippen molar-refractivity contribution in [1.29, 1.82) is 5.41 Å². The number of aromatic hydroxyl groups is 1. The Balaban J connectivity index is 1.03. The zero-order chi connectivity index (χ0) is 42.1. The molecule has 4 aliphatic rings. The van der Waals surface area contributed by atoms with Crippen LogP contribution in [0.4, 0.5) is 5.69 Å². The number of thiocarbonyl (C=S) groups is 1. The molecular formula is C43H39N7O7S3. The van der Waals surface area contributed by atoms with Crippen molar-refractivity contribution in [3.8, 4) is 50.3 Å². The van der Waals surface area contributed by atoms with Crippen molar-refractivity contribution < 1.29 is 28.9 Å². The van der Waals surface area contributed by atoms with Crippen LogP contribution in [-0.4, -0.2) is 86.0 Å². The number of carboxylic acid groups (broad SMARTS) is 1. The Morgan fingerprint density at radius 3 is 2.65 bits per heavy atom. The van der Waals surface area contributed by atoms with Gasteiger partial charge in [-0.15, -0.1) is 11.3 Å². The average Bonchev–Trinajstić information content (AvgIpc) is 3.99. The molecule has 0 bridgehead atoms. The second-order valence-corrected chi connectivity index (χ2v) is 16.5. The topological polar surface area (TPSA) is 200 Å². The summed E-state index contributed by atoms with van der Waals surface area (Å²) in [6, 6.07) is 17.5. The first-order valence-corrected chi connectivity index (χ1v) is 21.1. The van der Waals surface area contributed by atoms with Crippen molar-refractivity contribution in [2.75, 3.05) is 31.7 Å². The van der Waals surface area contributed by atoms with E-state index >= 15 is 0 Å². The Labute approximate surface area is 357 Å². The number of aromatic nitrogens is 1. The standard InChI is InChI=1S/C43H39N7O7S3/c1-23(2)49(13-3-14-50-33(10-11-44)32(21-45)48-43(50)60-38-20-37-36(55-22-56-37)19-31(38)40-46-12-15-59-40)42(58)47-24-4-7-27(30(16-24)41(53)54)39-28-8-5-25(51)17-34(28)57-35-18-26(52)6-9-29(35)39/h4-12,15-20,23,32,44,51H,3,13-14,21-22,45H2,1-2H3,(H,47,58)(H,53,54)/b33-10+,44-11?. The minimum absolute atomic E-state index is 0.00534. The number of phenolic OH excluding ortho intramolecular Hbond substituents is 1. The molecule has 4 heterocycles. The van der Waals surface area contributed by atoms with Crippen molar-refractivity contribution in [2.45, 2.75) is 37.2 Å². The molecule has 1 unspecified atom stereocenters. The molecule has 3 aromatic carbocycles. The first kappa shape index (κ1) is 40.5. The monoisotopic (exact) mass is 861 g/mol. The minimum atomic E-state index is -1.16. The highest BCUT2D eigenvalue weighted by Gasteiger charge is 2.32. The van der Waals surface area contributed by atoms with Gasteiger partial charge in [0.2, 0.25) is 6.79 Å². The van der Waals surface area contributed by atoms with Gasteiger partial charge < -0.3 is 50.4 Å². The molecule has 0 fully saturated rings. The highest BCUT2D eigenvalue weighted by atomic mass is 32.2. The largest absolute Gasteiger partial charge is 0.508 e. The highest BCUT2D eigenvalue weighted by Crippen LogP contribution is 2.45. The van der Waals surface area contributed by atoms with E-state index in [1.807, 2.05) is 36.3 Å². The molecule has 6 N–H and O–H groups in total. The molecule has 60 heavy (non-hydrogen) atoms. The number of thioether (sulfide) groups is 1. The molecule has 1 aliphatic carbocycles. The number of benzene rings is 4. The summed E-state index contributed by atoms with van der Waals surface area (Å²) in [5, 5.41) is 36.3. The summed E-state index contributed by atoms with van der Waals surface area (Å²) < 4.78 is 17.4. The summed E-state index contributed by atoms with van der Waals surface area (Å²) in [6.45, 7) is 5.55. The number of anilines is 1. The molecule has 0 saturated heterocycles. The molecule has 0 spiro atoms. The van der Waals surface area contributed by atoms with Crippen molar-refractivity contribution in [3.63, 3.8) is 0 Å². The molecule has 3 aliphatic heterocycles. The van der Waals surface area contributed by atoms with Crippen LogP contribution in [0.2, 0.25) is 0 Å². The van der Waals surface area contributed by atoms with Crippen LogP contribution in [0.3, 0.4) is 0 Å². The first-order chi connectivity index (χ1) is 29.0. The van der Waals surface area contributed by atoms with Gasteiger partial charge in [-0.1, -0.05) is 17.8 Å². The number of phenols is 1. The van der Waals surface area contributed by atoms with Gasteiger partial charge in [0.15, 0.2) is 27.2 Å². The van der Waals surface area contributed by atoms with Crippen LogP contribution < -0.4 is 26.0 Å². The Morgan fingerprint density at radius 2 is 1.92 bits per heavy atom. The van der Waals surface area contributed by atoms with Gasteiger partial charge in [0, 0.05) is 94.0 Å². The SMILES string of the molecule is CC(C)N(CCCN1C(Sc2cc3c(cc2-c2nccs2)OCO3)=NC(CN)/C1=C\C=N)C(=S)Nc1ccc(-c2c3ccc(=O)cc-3oc3cc(O)ccc23)c(C(=O)O)c1. The van der Waals surface area contributed by atoms with Crippen molar-refractivity contribution in [1.82, 2.24) is 14.8 Å². The lowest BCUT2D eigenvalue weighted by molar-refractivity contribution is 0.0697. The summed E-state index contributed by atoms with van der Waals surface area (Å²) >= 11 is 8.96. The number of hydrogen-bond acceptors (Lipinski definition) is 14. The summed E-state index contributed by atoms with van der Waals surface area (Å²) in [4.78, 5) is 39.7. The maximum Gasteiger partial charge on any atom is 0.336 e. The second-order valence-electron chi connectivity index (χ2n) is 14.2. The Hall–Kier alpha value is -6.27. The fraction of sp³-hybridized carbons (Fsp3) is 0.209. The van der Waals surface area contributed by atoms with E-state index in [-0.39, 0.29) is 47.9 Å². The minimum Gasteiger partial charge on any atom is -0.508 e. The molecule has 8 rings (SSSR count). The predicted octanol–water partition coefficient (Wildman–Crippen LogP) is 7.94. The summed E-state index contributed by atoms with van der Waals surface area (Å²) in [5.74, 6) is 0.372. The molecule has 0 amide bonds. The number of ether oxygens (including phenoxy) is 2. The van der Waals surface area contributed by atoms with Crippen LogP contribution >= 0.6 is 35.3 Å². The van der Waals surface area contributed by atoms with Gasteiger partial charge in [-0.2, -0.15) is 0 Å². The van der Waals surface area contributed by atoms with Gasteiger partial charge >= 0.3 is 5.97 Å². The van der Waals surface area contributed by atoms with Crippen LogP contribution in [-0.2, 0) is 0 Å².